The summed E-state index contributed by atoms with van der Waals surface area (Å²) >= 11 is 1.69. The minimum Gasteiger partial charge on any atom is -0.333 e. The van der Waals surface area contributed by atoms with Crippen LogP contribution in [0.25, 0.3) is 11.0 Å². The molecule has 20 heavy (non-hydrogen) atoms. The van der Waals surface area contributed by atoms with Gasteiger partial charge in [-0.1, -0.05) is 17.8 Å². The largest absolute Gasteiger partial charge is 0.333 e. The number of pyridine rings is 1. The quantitative estimate of drug-likeness (QED) is 0.723. The van der Waals surface area contributed by atoms with Crippen molar-refractivity contribution < 1.29 is 0 Å². The van der Waals surface area contributed by atoms with E-state index < -0.39 is 0 Å². The maximum Gasteiger partial charge on any atom is 0.166 e. The second-order valence-corrected chi connectivity index (χ2v) is 5.67. The molecule has 1 aromatic carbocycles. The van der Waals surface area contributed by atoms with Crippen LogP contribution >= 0.6 is 11.8 Å². The molecule has 0 fully saturated rings. The minimum atomic E-state index is 0.475. The average Bonchev–Trinajstić information content (AvgIpc) is 2.87. The highest BCUT2D eigenvalue weighted by atomic mass is 32.2. The van der Waals surface area contributed by atoms with E-state index in [-0.39, 0.29) is 0 Å². The molecule has 2 aromatic heterocycles. The molecule has 3 rings (SSSR count). The number of nitrogens with two attached hydrogens (primary N) is 1. The van der Waals surface area contributed by atoms with Gasteiger partial charge in [-0.25, -0.2) is 4.98 Å². The van der Waals surface area contributed by atoms with E-state index in [2.05, 4.69) is 34.0 Å². The summed E-state index contributed by atoms with van der Waals surface area (Å²) in [5.41, 5.74) is 11.1. The molecule has 0 saturated carbocycles. The molecule has 3 aromatic rings. The first-order valence-electron chi connectivity index (χ1n) is 6.47. The van der Waals surface area contributed by atoms with Gasteiger partial charge in [0, 0.05) is 18.5 Å². The molecule has 0 aliphatic heterocycles. The number of rotatable bonds is 4. The number of aromatic amines is 1. The SMILES string of the molecule is Cc1ccc2nc(SCc3ccnc(CN)c3)[nH]c2c1. The van der Waals surface area contributed by atoms with Crippen molar-refractivity contribution in [3.63, 3.8) is 0 Å². The highest BCUT2D eigenvalue weighted by Crippen LogP contribution is 2.23. The van der Waals surface area contributed by atoms with E-state index in [9.17, 15) is 0 Å². The van der Waals surface area contributed by atoms with Crippen LogP contribution < -0.4 is 5.73 Å². The van der Waals surface area contributed by atoms with E-state index in [0.717, 1.165) is 27.6 Å². The summed E-state index contributed by atoms with van der Waals surface area (Å²) in [6, 6.07) is 10.3. The van der Waals surface area contributed by atoms with Crippen molar-refractivity contribution in [3.05, 3.63) is 53.3 Å². The Balaban J connectivity index is 1.76. The van der Waals surface area contributed by atoms with Crippen LogP contribution in [0, 0.1) is 6.92 Å². The predicted octanol–water partition coefficient (Wildman–Crippen LogP) is 3.02. The van der Waals surface area contributed by atoms with E-state index in [0.29, 0.717) is 6.54 Å². The first kappa shape index (κ1) is 13.1. The van der Waals surface area contributed by atoms with Gasteiger partial charge in [-0.05, 0) is 42.3 Å². The molecule has 0 atom stereocenters. The zero-order valence-corrected chi connectivity index (χ0v) is 12.1. The molecule has 4 nitrogen and oxygen atoms in total. The molecule has 0 unspecified atom stereocenters. The first-order valence-corrected chi connectivity index (χ1v) is 7.46. The lowest BCUT2D eigenvalue weighted by Gasteiger charge is -2.01. The van der Waals surface area contributed by atoms with Gasteiger partial charge in [0.1, 0.15) is 0 Å². The number of fused-ring (bicyclic) bond motifs is 1. The summed E-state index contributed by atoms with van der Waals surface area (Å²) in [5, 5.41) is 0.941. The van der Waals surface area contributed by atoms with Gasteiger partial charge in [0.2, 0.25) is 0 Å². The van der Waals surface area contributed by atoms with Crippen LogP contribution in [-0.2, 0) is 12.3 Å². The highest BCUT2D eigenvalue weighted by molar-refractivity contribution is 7.98. The second-order valence-electron chi connectivity index (χ2n) is 4.71. The summed E-state index contributed by atoms with van der Waals surface area (Å²) in [7, 11) is 0. The molecular weight excluding hydrogens is 268 g/mol. The number of benzene rings is 1. The number of aryl methyl sites for hydroxylation is 1. The van der Waals surface area contributed by atoms with E-state index in [1.54, 1.807) is 18.0 Å². The van der Waals surface area contributed by atoms with Crippen molar-refractivity contribution in [1.82, 2.24) is 15.0 Å². The van der Waals surface area contributed by atoms with E-state index in [1.165, 1.54) is 11.1 Å². The summed E-state index contributed by atoms with van der Waals surface area (Å²) < 4.78 is 0. The van der Waals surface area contributed by atoms with E-state index in [1.807, 2.05) is 18.2 Å². The molecule has 0 aliphatic rings. The van der Waals surface area contributed by atoms with Gasteiger partial charge >= 0.3 is 0 Å². The standard InChI is InChI=1S/C15H16N4S/c1-10-2-3-13-14(6-10)19-15(18-13)20-9-11-4-5-17-12(7-11)8-16/h2-7H,8-9,16H2,1H3,(H,18,19). The highest BCUT2D eigenvalue weighted by Gasteiger charge is 2.04. The Labute approximate surface area is 121 Å². The van der Waals surface area contributed by atoms with Crippen LogP contribution in [0.4, 0.5) is 0 Å². The van der Waals surface area contributed by atoms with Crippen molar-refractivity contribution in [1.29, 1.82) is 0 Å². The fraction of sp³-hybridized carbons (Fsp3) is 0.200. The molecule has 0 radical (unpaired) electrons. The molecule has 102 valence electrons. The number of nitrogens with zero attached hydrogens (tertiary/aromatic N) is 2. The van der Waals surface area contributed by atoms with Crippen LogP contribution in [0.5, 0.6) is 0 Å². The van der Waals surface area contributed by atoms with Gasteiger partial charge < -0.3 is 10.7 Å². The number of hydrogen-bond donors (Lipinski definition) is 2. The predicted molar refractivity (Wildman–Crippen MR) is 82.5 cm³/mol. The van der Waals surface area contributed by atoms with Gasteiger partial charge in [0.15, 0.2) is 5.16 Å². The Morgan fingerprint density at radius 1 is 1.25 bits per heavy atom. The molecular formula is C15H16N4S. The Morgan fingerprint density at radius 2 is 2.15 bits per heavy atom. The van der Waals surface area contributed by atoms with Crippen molar-refractivity contribution >= 4 is 22.8 Å². The molecule has 0 saturated heterocycles. The number of hydrogen-bond acceptors (Lipinski definition) is 4. The van der Waals surface area contributed by atoms with Crippen LogP contribution in [0.2, 0.25) is 0 Å². The normalized spacial score (nSPS) is 11.1. The molecule has 2 heterocycles. The van der Waals surface area contributed by atoms with Crippen molar-refractivity contribution in [2.24, 2.45) is 5.73 Å². The van der Waals surface area contributed by atoms with Crippen molar-refractivity contribution in [2.45, 2.75) is 24.4 Å². The van der Waals surface area contributed by atoms with Gasteiger partial charge in [-0.15, -0.1) is 0 Å². The average molecular weight is 284 g/mol. The molecule has 0 aliphatic carbocycles. The lowest BCUT2D eigenvalue weighted by molar-refractivity contribution is 0.982. The third-order valence-electron chi connectivity index (χ3n) is 3.08. The molecule has 3 N–H and O–H groups in total. The number of H-pyrrole nitrogens is 1. The maximum atomic E-state index is 5.60. The van der Waals surface area contributed by atoms with E-state index >= 15 is 0 Å². The zero-order chi connectivity index (χ0) is 13.9. The zero-order valence-electron chi connectivity index (χ0n) is 11.3. The fourth-order valence-corrected chi connectivity index (χ4v) is 2.88. The van der Waals surface area contributed by atoms with Crippen LogP contribution in [0.1, 0.15) is 16.8 Å². The summed E-state index contributed by atoms with van der Waals surface area (Å²) in [6.45, 7) is 2.56. The van der Waals surface area contributed by atoms with Crippen LogP contribution in [-0.4, -0.2) is 15.0 Å². The van der Waals surface area contributed by atoms with Gasteiger partial charge in [-0.3, -0.25) is 4.98 Å². The van der Waals surface area contributed by atoms with Crippen molar-refractivity contribution in [2.75, 3.05) is 0 Å². The van der Waals surface area contributed by atoms with Crippen LogP contribution in [0.3, 0.4) is 0 Å². The monoisotopic (exact) mass is 284 g/mol. The lowest BCUT2D eigenvalue weighted by atomic mass is 10.2. The first-order chi connectivity index (χ1) is 9.74. The number of aromatic nitrogens is 3. The molecule has 0 amide bonds. The smallest absolute Gasteiger partial charge is 0.166 e. The number of nitrogens with one attached hydrogen (secondary N) is 1. The Hall–Kier alpha value is -1.85. The summed E-state index contributed by atoms with van der Waals surface area (Å²) in [6.07, 6.45) is 1.81. The minimum absolute atomic E-state index is 0.475. The molecule has 0 spiro atoms. The number of imidazole rings is 1. The second kappa shape index (κ2) is 5.64. The molecule has 0 bridgehead atoms. The van der Waals surface area contributed by atoms with Gasteiger partial charge in [0.25, 0.3) is 0 Å². The lowest BCUT2D eigenvalue weighted by Crippen LogP contribution is -1.99. The van der Waals surface area contributed by atoms with Gasteiger partial charge in [0.05, 0.1) is 16.7 Å². The fourth-order valence-electron chi connectivity index (χ4n) is 2.05. The molecule has 5 heteroatoms. The third kappa shape index (κ3) is 2.84. The Morgan fingerprint density at radius 3 is 3.00 bits per heavy atom. The van der Waals surface area contributed by atoms with Gasteiger partial charge in [-0.2, -0.15) is 0 Å². The van der Waals surface area contributed by atoms with Crippen molar-refractivity contribution in [3.8, 4) is 0 Å². The van der Waals surface area contributed by atoms with E-state index in [4.69, 9.17) is 5.73 Å². The maximum absolute atomic E-state index is 5.60. The Kier molecular flexibility index (Phi) is 3.71. The summed E-state index contributed by atoms with van der Waals surface area (Å²) in [4.78, 5) is 12.1. The number of thioether (sulfide) groups is 1. The Bertz CT molecular complexity index is 736. The van der Waals surface area contributed by atoms with Crippen LogP contribution in [0.15, 0.2) is 41.7 Å². The third-order valence-corrected chi connectivity index (χ3v) is 4.03. The summed E-state index contributed by atoms with van der Waals surface area (Å²) in [5.74, 6) is 0.855. The topological polar surface area (TPSA) is 67.6 Å².